The molecule has 0 saturated carbocycles. The number of hydrogen-bond donors (Lipinski definition) is 1. The Hall–Kier alpha value is -1.02. The second-order valence-corrected chi connectivity index (χ2v) is 6.54. The molecule has 1 atom stereocenters. The van der Waals surface area contributed by atoms with E-state index >= 15 is 0 Å². The summed E-state index contributed by atoms with van der Waals surface area (Å²) in [6.45, 7) is 11.1. The third-order valence-corrected chi connectivity index (χ3v) is 4.37. The van der Waals surface area contributed by atoms with Gasteiger partial charge >= 0.3 is 0 Å². The predicted molar refractivity (Wildman–Crippen MR) is 79.1 cm³/mol. The van der Waals surface area contributed by atoms with Crippen LogP contribution in [-0.4, -0.2) is 19.1 Å². The summed E-state index contributed by atoms with van der Waals surface area (Å²) in [7, 11) is 0. The number of nitrogens with zero attached hydrogens (tertiary/aromatic N) is 1. The van der Waals surface area contributed by atoms with Crippen LogP contribution in [0.3, 0.4) is 0 Å². The first-order valence-corrected chi connectivity index (χ1v) is 7.00. The maximum absolute atomic E-state index is 6.28. The molecule has 0 bridgehead atoms. The Bertz CT molecular complexity index is 392. The fraction of sp³-hybridized carbons (Fsp3) is 0.625. The molecule has 2 heteroatoms. The van der Waals surface area contributed by atoms with E-state index in [0.717, 1.165) is 13.1 Å². The molecule has 18 heavy (non-hydrogen) atoms. The summed E-state index contributed by atoms with van der Waals surface area (Å²) in [5.41, 5.74) is 9.26. The summed E-state index contributed by atoms with van der Waals surface area (Å²) in [5.74, 6) is 0.599. The highest BCUT2D eigenvalue weighted by Gasteiger charge is 2.32. The summed E-state index contributed by atoms with van der Waals surface area (Å²) in [6, 6.07) is 9.22. The van der Waals surface area contributed by atoms with Crippen LogP contribution in [-0.2, 0) is 0 Å². The molecule has 0 spiro atoms. The molecule has 100 valence electrons. The third-order valence-electron chi connectivity index (χ3n) is 4.37. The van der Waals surface area contributed by atoms with Gasteiger partial charge < -0.3 is 10.6 Å². The van der Waals surface area contributed by atoms with Crippen molar-refractivity contribution in [3.05, 3.63) is 29.8 Å². The molecule has 0 radical (unpaired) electrons. The second-order valence-electron chi connectivity index (χ2n) is 6.54. The van der Waals surface area contributed by atoms with Gasteiger partial charge in [-0.15, -0.1) is 0 Å². The topological polar surface area (TPSA) is 29.3 Å². The molecule has 0 aliphatic carbocycles. The minimum absolute atomic E-state index is 0.260. The average molecular weight is 246 g/mol. The Labute approximate surface area is 111 Å². The standard InChI is InChI=1S/C16H26N2/c1-12(2)13-5-7-14(8-6-13)18-10-9-16(3,4)15(17)11-18/h5-8,12,15H,9-11,17H2,1-4H3. The number of benzene rings is 1. The van der Waals surface area contributed by atoms with Gasteiger partial charge in [0.1, 0.15) is 0 Å². The summed E-state index contributed by atoms with van der Waals surface area (Å²) < 4.78 is 0. The number of hydrogen-bond acceptors (Lipinski definition) is 2. The van der Waals surface area contributed by atoms with Gasteiger partial charge in [-0.2, -0.15) is 0 Å². The van der Waals surface area contributed by atoms with Crippen molar-refractivity contribution in [2.75, 3.05) is 18.0 Å². The van der Waals surface area contributed by atoms with E-state index < -0.39 is 0 Å². The first kappa shape index (κ1) is 13.4. The molecule has 2 rings (SSSR count). The normalized spacial score (nSPS) is 23.4. The quantitative estimate of drug-likeness (QED) is 0.867. The summed E-state index contributed by atoms with van der Waals surface area (Å²) in [4.78, 5) is 2.42. The highest BCUT2D eigenvalue weighted by atomic mass is 15.2. The van der Waals surface area contributed by atoms with E-state index in [1.165, 1.54) is 17.7 Å². The van der Waals surface area contributed by atoms with Crippen molar-refractivity contribution in [2.24, 2.45) is 11.1 Å². The lowest BCUT2D eigenvalue weighted by atomic mass is 9.78. The van der Waals surface area contributed by atoms with Crippen molar-refractivity contribution in [1.82, 2.24) is 0 Å². The lowest BCUT2D eigenvalue weighted by Gasteiger charge is -2.43. The van der Waals surface area contributed by atoms with Crippen LogP contribution in [0.5, 0.6) is 0 Å². The molecule has 1 saturated heterocycles. The summed E-state index contributed by atoms with van der Waals surface area (Å²) in [5, 5.41) is 0. The lowest BCUT2D eigenvalue weighted by Crippen LogP contribution is -2.52. The predicted octanol–water partition coefficient (Wildman–Crippen LogP) is 3.37. The molecule has 0 aromatic heterocycles. The number of rotatable bonds is 2. The fourth-order valence-electron chi connectivity index (χ4n) is 2.49. The molecule has 1 unspecified atom stereocenters. The molecule has 0 amide bonds. The number of nitrogens with two attached hydrogens (primary N) is 1. The molecular formula is C16H26N2. The molecule has 1 aliphatic heterocycles. The zero-order valence-corrected chi connectivity index (χ0v) is 12.1. The van der Waals surface area contributed by atoms with Crippen LogP contribution >= 0.6 is 0 Å². The van der Waals surface area contributed by atoms with Gasteiger partial charge in [0.05, 0.1) is 0 Å². The van der Waals surface area contributed by atoms with Crippen molar-refractivity contribution >= 4 is 5.69 Å². The van der Waals surface area contributed by atoms with E-state index in [-0.39, 0.29) is 11.5 Å². The largest absolute Gasteiger partial charge is 0.370 e. The molecular weight excluding hydrogens is 220 g/mol. The Morgan fingerprint density at radius 3 is 2.33 bits per heavy atom. The van der Waals surface area contributed by atoms with E-state index in [2.05, 4.69) is 56.9 Å². The van der Waals surface area contributed by atoms with Crippen LogP contribution in [0.2, 0.25) is 0 Å². The van der Waals surface area contributed by atoms with Crippen LogP contribution in [0.25, 0.3) is 0 Å². The smallest absolute Gasteiger partial charge is 0.0366 e. The van der Waals surface area contributed by atoms with Crippen LogP contribution in [0.1, 0.15) is 45.6 Å². The Kier molecular flexibility index (Phi) is 3.67. The summed E-state index contributed by atoms with van der Waals surface area (Å²) >= 11 is 0. The minimum atomic E-state index is 0.260. The van der Waals surface area contributed by atoms with Crippen molar-refractivity contribution in [1.29, 1.82) is 0 Å². The molecule has 1 heterocycles. The van der Waals surface area contributed by atoms with Crippen LogP contribution in [0, 0.1) is 5.41 Å². The maximum Gasteiger partial charge on any atom is 0.0366 e. The highest BCUT2D eigenvalue weighted by Crippen LogP contribution is 2.31. The second kappa shape index (κ2) is 4.93. The molecule has 1 aliphatic rings. The van der Waals surface area contributed by atoms with Gasteiger partial charge in [-0.3, -0.25) is 0 Å². The highest BCUT2D eigenvalue weighted by molar-refractivity contribution is 5.48. The van der Waals surface area contributed by atoms with Gasteiger partial charge in [-0.25, -0.2) is 0 Å². The Balaban J connectivity index is 2.09. The van der Waals surface area contributed by atoms with Crippen molar-refractivity contribution < 1.29 is 0 Å². The van der Waals surface area contributed by atoms with Crippen molar-refractivity contribution in [3.8, 4) is 0 Å². The first-order valence-electron chi connectivity index (χ1n) is 7.00. The molecule has 2 N–H and O–H groups in total. The number of anilines is 1. The Morgan fingerprint density at radius 2 is 1.83 bits per heavy atom. The average Bonchev–Trinajstić information content (AvgIpc) is 2.33. The minimum Gasteiger partial charge on any atom is -0.370 e. The van der Waals surface area contributed by atoms with Gasteiger partial charge in [0, 0.05) is 24.8 Å². The van der Waals surface area contributed by atoms with Gasteiger partial charge in [0.2, 0.25) is 0 Å². The third kappa shape index (κ3) is 2.69. The van der Waals surface area contributed by atoms with Crippen molar-refractivity contribution in [2.45, 2.75) is 46.1 Å². The molecule has 1 aromatic rings. The Morgan fingerprint density at radius 1 is 1.22 bits per heavy atom. The number of piperidine rings is 1. The van der Waals surface area contributed by atoms with E-state index in [1.54, 1.807) is 0 Å². The first-order chi connectivity index (χ1) is 8.40. The zero-order valence-electron chi connectivity index (χ0n) is 12.1. The van der Waals surface area contributed by atoms with E-state index in [1.807, 2.05) is 0 Å². The zero-order chi connectivity index (χ0) is 13.3. The molecule has 2 nitrogen and oxygen atoms in total. The summed E-state index contributed by atoms with van der Waals surface area (Å²) in [6.07, 6.45) is 1.17. The van der Waals surface area contributed by atoms with E-state index in [4.69, 9.17) is 5.73 Å². The van der Waals surface area contributed by atoms with Gasteiger partial charge in [0.25, 0.3) is 0 Å². The lowest BCUT2D eigenvalue weighted by molar-refractivity contribution is 0.235. The fourth-order valence-corrected chi connectivity index (χ4v) is 2.49. The molecule has 1 aromatic carbocycles. The SMILES string of the molecule is CC(C)c1ccc(N2CCC(C)(C)C(N)C2)cc1. The van der Waals surface area contributed by atoms with Crippen LogP contribution in [0.15, 0.2) is 24.3 Å². The maximum atomic E-state index is 6.28. The van der Waals surface area contributed by atoms with E-state index in [0.29, 0.717) is 5.92 Å². The van der Waals surface area contributed by atoms with Gasteiger partial charge in [-0.05, 0) is 35.4 Å². The van der Waals surface area contributed by atoms with Crippen LogP contribution < -0.4 is 10.6 Å². The van der Waals surface area contributed by atoms with Gasteiger partial charge in [0.15, 0.2) is 0 Å². The van der Waals surface area contributed by atoms with Crippen molar-refractivity contribution in [3.63, 3.8) is 0 Å². The van der Waals surface area contributed by atoms with E-state index in [9.17, 15) is 0 Å². The monoisotopic (exact) mass is 246 g/mol. The van der Waals surface area contributed by atoms with Gasteiger partial charge in [-0.1, -0.05) is 39.8 Å². The van der Waals surface area contributed by atoms with Crippen LogP contribution in [0.4, 0.5) is 5.69 Å². The molecule has 1 fully saturated rings.